The number of nitrogens with zero attached hydrogens (tertiary/aromatic N) is 2. The number of carbonyl (C=O) groups excluding carboxylic acids is 2. The van der Waals surface area contributed by atoms with Crippen molar-refractivity contribution in [1.82, 2.24) is 9.80 Å². The molecule has 1 unspecified atom stereocenters. The largest absolute Gasteiger partial charge is 0.380 e. The topological polar surface area (TPSA) is 49.9 Å². The highest BCUT2D eigenvalue weighted by atomic mass is 16.5. The minimum Gasteiger partial charge on any atom is -0.380 e. The molecule has 0 radical (unpaired) electrons. The van der Waals surface area contributed by atoms with Gasteiger partial charge in [-0.2, -0.15) is 0 Å². The van der Waals surface area contributed by atoms with E-state index in [-0.39, 0.29) is 17.9 Å². The summed E-state index contributed by atoms with van der Waals surface area (Å²) in [6, 6.07) is 0.258. The van der Waals surface area contributed by atoms with Crippen LogP contribution in [0.1, 0.15) is 51.9 Å². The fourth-order valence-electron chi connectivity index (χ4n) is 3.25. The van der Waals surface area contributed by atoms with E-state index in [1.807, 2.05) is 16.7 Å². The maximum atomic E-state index is 12.3. The first kappa shape index (κ1) is 16.3. The highest BCUT2D eigenvalue weighted by Gasteiger charge is 2.28. The van der Waals surface area contributed by atoms with Gasteiger partial charge in [0.2, 0.25) is 11.8 Å². The predicted molar refractivity (Wildman–Crippen MR) is 80.9 cm³/mol. The van der Waals surface area contributed by atoms with E-state index < -0.39 is 0 Å². The third kappa shape index (κ3) is 4.70. The summed E-state index contributed by atoms with van der Waals surface area (Å²) >= 11 is 0. The van der Waals surface area contributed by atoms with E-state index in [1.165, 1.54) is 0 Å². The van der Waals surface area contributed by atoms with Crippen molar-refractivity contribution in [2.75, 3.05) is 32.8 Å². The van der Waals surface area contributed by atoms with Crippen molar-refractivity contribution in [3.63, 3.8) is 0 Å². The lowest BCUT2D eigenvalue weighted by Crippen LogP contribution is -2.39. The number of piperidine rings is 1. The standard InChI is InChI=1S/C16H28N2O3/c1-2-21-13-14-7-5-12-18(14)16(20)9-6-11-17-10-4-3-8-15(17)19/h14H,2-13H2,1H3. The Morgan fingerprint density at radius 1 is 1.29 bits per heavy atom. The summed E-state index contributed by atoms with van der Waals surface area (Å²) in [5.41, 5.74) is 0. The van der Waals surface area contributed by atoms with E-state index >= 15 is 0 Å². The lowest BCUT2D eigenvalue weighted by Gasteiger charge is -2.28. The number of carbonyl (C=O) groups is 2. The molecule has 0 aromatic carbocycles. The summed E-state index contributed by atoms with van der Waals surface area (Å²) in [5.74, 6) is 0.478. The molecule has 2 heterocycles. The molecule has 2 fully saturated rings. The Balaban J connectivity index is 1.69. The molecule has 0 bridgehead atoms. The van der Waals surface area contributed by atoms with E-state index in [2.05, 4.69) is 0 Å². The molecule has 120 valence electrons. The van der Waals surface area contributed by atoms with Crippen LogP contribution in [0.2, 0.25) is 0 Å². The van der Waals surface area contributed by atoms with Gasteiger partial charge in [0, 0.05) is 39.1 Å². The predicted octanol–water partition coefficient (Wildman–Crippen LogP) is 1.81. The fraction of sp³-hybridized carbons (Fsp3) is 0.875. The summed E-state index contributed by atoms with van der Waals surface area (Å²) in [4.78, 5) is 27.9. The smallest absolute Gasteiger partial charge is 0.222 e. The van der Waals surface area contributed by atoms with Crippen molar-refractivity contribution in [2.24, 2.45) is 0 Å². The van der Waals surface area contributed by atoms with Crippen LogP contribution in [0.4, 0.5) is 0 Å². The molecule has 0 aliphatic carbocycles. The molecule has 2 amide bonds. The molecule has 21 heavy (non-hydrogen) atoms. The van der Waals surface area contributed by atoms with E-state index in [4.69, 9.17) is 4.74 Å². The third-order valence-corrected chi connectivity index (χ3v) is 4.45. The number of rotatable bonds is 7. The van der Waals surface area contributed by atoms with Crippen molar-refractivity contribution in [3.05, 3.63) is 0 Å². The zero-order valence-electron chi connectivity index (χ0n) is 13.2. The van der Waals surface area contributed by atoms with Gasteiger partial charge in [-0.15, -0.1) is 0 Å². The van der Waals surface area contributed by atoms with Crippen LogP contribution in [0.25, 0.3) is 0 Å². The normalized spacial score (nSPS) is 22.9. The van der Waals surface area contributed by atoms with Crippen LogP contribution in [0.3, 0.4) is 0 Å². The average molecular weight is 296 g/mol. The number of hydrogen-bond acceptors (Lipinski definition) is 3. The van der Waals surface area contributed by atoms with Crippen molar-refractivity contribution < 1.29 is 14.3 Å². The van der Waals surface area contributed by atoms with Crippen LogP contribution in [0.5, 0.6) is 0 Å². The Bertz CT molecular complexity index is 359. The molecular weight excluding hydrogens is 268 g/mol. The molecule has 2 aliphatic heterocycles. The number of ether oxygens (including phenoxy) is 1. The Kier molecular flexibility index (Phi) is 6.49. The van der Waals surface area contributed by atoms with Gasteiger partial charge in [0.1, 0.15) is 0 Å². The van der Waals surface area contributed by atoms with Gasteiger partial charge >= 0.3 is 0 Å². The van der Waals surface area contributed by atoms with Crippen LogP contribution < -0.4 is 0 Å². The summed E-state index contributed by atoms with van der Waals surface area (Å²) in [6.45, 7) is 5.80. The van der Waals surface area contributed by atoms with E-state index in [0.717, 1.165) is 51.7 Å². The monoisotopic (exact) mass is 296 g/mol. The van der Waals surface area contributed by atoms with E-state index in [0.29, 0.717) is 26.1 Å². The van der Waals surface area contributed by atoms with Crippen LogP contribution in [-0.2, 0) is 14.3 Å². The second-order valence-electron chi connectivity index (χ2n) is 5.98. The van der Waals surface area contributed by atoms with Crippen LogP contribution in [0, 0.1) is 0 Å². The summed E-state index contributed by atoms with van der Waals surface area (Å²) in [5, 5.41) is 0. The Labute approximate surface area is 127 Å². The van der Waals surface area contributed by atoms with Gasteiger partial charge < -0.3 is 14.5 Å². The lowest BCUT2D eigenvalue weighted by atomic mass is 10.1. The van der Waals surface area contributed by atoms with Gasteiger partial charge in [-0.05, 0) is 39.0 Å². The maximum absolute atomic E-state index is 12.3. The first-order valence-corrected chi connectivity index (χ1v) is 8.37. The zero-order valence-corrected chi connectivity index (χ0v) is 13.2. The van der Waals surface area contributed by atoms with Crippen molar-refractivity contribution in [2.45, 2.75) is 57.9 Å². The average Bonchev–Trinajstić information content (AvgIpc) is 2.95. The van der Waals surface area contributed by atoms with Gasteiger partial charge in [-0.25, -0.2) is 0 Å². The quantitative estimate of drug-likeness (QED) is 0.720. The van der Waals surface area contributed by atoms with Gasteiger partial charge in [-0.3, -0.25) is 9.59 Å². The van der Waals surface area contributed by atoms with Crippen molar-refractivity contribution >= 4 is 11.8 Å². The lowest BCUT2D eigenvalue weighted by molar-refractivity contribution is -0.136. The van der Waals surface area contributed by atoms with Gasteiger partial charge in [-0.1, -0.05) is 0 Å². The molecule has 0 saturated carbocycles. The summed E-state index contributed by atoms with van der Waals surface area (Å²) in [6.07, 6.45) is 6.25. The highest BCUT2D eigenvalue weighted by molar-refractivity contribution is 5.78. The molecule has 2 rings (SSSR count). The van der Waals surface area contributed by atoms with Crippen molar-refractivity contribution in [3.8, 4) is 0 Å². The molecule has 0 spiro atoms. The zero-order chi connectivity index (χ0) is 15.1. The highest BCUT2D eigenvalue weighted by Crippen LogP contribution is 2.19. The molecule has 1 atom stereocenters. The maximum Gasteiger partial charge on any atom is 0.222 e. The minimum absolute atomic E-state index is 0.224. The second kappa shape index (κ2) is 8.37. The van der Waals surface area contributed by atoms with Crippen LogP contribution in [0.15, 0.2) is 0 Å². The van der Waals surface area contributed by atoms with Gasteiger partial charge in [0.15, 0.2) is 0 Å². The van der Waals surface area contributed by atoms with E-state index in [9.17, 15) is 9.59 Å². The molecule has 5 heteroatoms. The molecule has 2 saturated heterocycles. The molecule has 0 aromatic rings. The van der Waals surface area contributed by atoms with Crippen molar-refractivity contribution in [1.29, 1.82) is 0 Å². The fourth-order valence-corrected chi connectivity index (χ4v) is 3.25. The third-order valence-electron chi connectivity index (χ3n) is 4.45. The number of amides is 2. The molecule has 0 N–H and O–H groups in total. The first-order valence-electron chi connectivity index (χ1n) is 8.37. The second-order valence-corrected chi connectivity index (χ2v) is 5.98. The SMILES string of the molecule is CCOCC1CCCN1C(=O)CCCN1CCCCC1=O. The van der Waals surface area contributed by atoms with Crippen LogP contribution >= 0.6 is 0 Å². The Morgan fingerprint density at radius 3 is 2.90 bits per heavy atom. The summed E-state index contributed by atoms with van der Waals surface area (Å²) < 4.78 is 5.46. The Hall–Kier alpha value is -1.10. The summed E-state index contributed by atoms with van der Waals surface area (Å²) in [7, 11) is 0. The first-order chi connectivity index (χ1) is 10.2. The molecule has 2 aliphatic rings. The Morgan fingerprint density at radius 2 is 2.14 bits per heavy atom. The molecular formula is C16H28N2O3. The molecule has 5 nitrogen and oxygen atoms in total. The number of likely N-dealkylation sites (tertiary alicyclic amines) is 2. The van der Waals surface area contributed by atoms with Crippen LogP contribution in [-0.4, -0.2) is 60.5 Å². The minimum atomic E-state index is 0.224. The van der Waals surface area contributed by atoms with E-state index in [1.54, 1.807) is 0 Å². The van der Waals surface area contributed by atoms with Gasteiger partial charge in [0.05, 0.1) is 12.6 Å². The number of hydrogen-bond donors (Lipinski definition) is 0. The van der Waals surface area contributed by atoms with Gasteiger partial charge in [0.25, 0.3) is 0 Å². The molecule has 0 aromatic heterocycles.